The van der Waals surface area contributed by atoms with Gasteiger partial charge in [0.05, 0.1) is 28.7 Å². The van der Waals surface area contributed by atoms with E-state index in [-0.39, 0.29) is 35.4 Å². The summed E-state index contributed by atoms with van der Waals surface area (Å²) >= 11 is 0. The predicted octanol–water partition coefficient (Wildman–Crippen LogP) is 6.31. The van der Waals surface area contributed by atoms with Gasteiger partial charge in [0.1, 0.15) is 5.82 Å². The van der Waals surface area contributed by atoms with Gasteiger partial charge in [0.15, 0.2) is 17.4 Å². The molecule has 1 aliphatic rings. The van der Waals surface area contributed by atoms with Crippen LogP contribution < -0.4 is 15.6 Å². The zero-order valence-electron chi connectivity index (χ0n) is 20.4. The molecule has 0 radical (unpaired) electrons. The summed E-state index contributed by atoms with van der Waals surface area (Å²) in [7, 11) is 0. The van der Waals surface area contributed by atoms with Crippen LogP contribution in [0.3, 0.4) is 0 Å². The van der Waals surface area contributed by atoms with Crippen LogP contribution in [0.4, 0.5) is 32.4 Å². The number of para-hydroxylation sites is 2. The first-order valence-electron chi connectivity index (χ1n) is 11.9. The van der Waals surface area contributed by atoms with Crippen LogP contribution in [0.1, 0.15) is 36.8 Å². The van der Waals surface area contributed by atoms with Crippen molar-refractivity contribution in [3.8, 4) is 5.75 Å². The lowest BCUT2D eigenvalue weighted by Crippen LogP contribution is -2.40. The summed E-state index contributed by atoms with van der Waals surface area (Å²) in [5, 5.41) is 2.39. The summed E-state index contributed by atoms with van der Waals surface area (Å²) < 4.78 is 72.1. The quantitative estimate of drug-likeness (QED) is 0.299. The highest BCUT2D eigenvalue weighted by atomic mass is 19.4. The van der Waals surface area contributed by atoms with Crippen LogP contribution in [0.5, 0.6) is 5.75 Å². The maximum absolute atomic E-state index is 14.0. The summed E-state index contributed by atoms with van der Waals surface area (Å²) in [5.74, 6) is -2.82. The van der Waals surface area contributed by atoms with Gasteiger partial charge >= 0.3 is 12.4 Å². The SMILES string of the molecule is CC(c1ccccc1)N(C(=O)Nc1ccccc1OC(F)(F)F)C1CCn2c1nc1cc(F)c(F)cc1c2=O. The molecular formula is C27H21F5N4O3. The van der Waals surface area contributed by atoms with Crippen LogP contribution in [-0.2, 0) is 6.54 Å². The molecule has 12 heteroatoms. The van der Waals surface area contributed by atoms with Crippen LogP contribution in [0.2, 0.25) is 0 Å². The fourth-order valence-corrected chi connectivity index (χ4v) is 4.79. The summed E-state index contributed by atoms with van der Waals surface area (Å²) in [6, 6.07) is 13.4. The number of hydrogen-bond donors (Lipinski definition) is 1. The van der Waals surface area contributed by atoms with Crippen molar-refractivity contribution >= 4 is 22.6 Å². The zero-order valence-corrected chi connectivity index (χ0v) is 20.4. The number of halogens is 5. The van der Waals surface area contributed by atoms with Crippen molar-refractivity contribution in [3.05, 3.63) is 100 Å². The molecule has 1 aliphatic heterocycles. The molecule has 5 rings (SSSR count). The Labute approximate surface area is 218 Å². The van der Waals surface area contributed by atoms with Crippen molar-refractivity contribution in [3.63, 3.8) is 0 Å². The number of ether oxygens (including phenoxy) is 1. The number of amides is 2. The van der Waals surface area contributed by atoms with E-state index < -0.39 is 47.4 Å². The molecule has 2 heterocycles. The molecule has 0 spiro atoms. The molecular weight excluding hydrogens is 523 g/mol. The van der Waals surface area contributed by atoms with Gasteiger partial charge in [-0.25, -0.2) is 18.6 Å². The highest BCUT2D eigenvalue weighted by Gasteiger charge is 2.38. The maximum atomic E-state index is 14.0. The summed E-state index contributed by atoms with van der Waals surface area (Å²) in [6.45, 7) is 1.86. The number of hydrogen-bond acceptors (Lipinski definition) is 4. The molecule has 1 aromatic heterocycles. The van der Waals surface area contributed by atoms with E-state index in [0.717, 1.165) is 18.2 Å². The number of rotatable bonds is 5. The Hall–Kier alpha value is -4.48. The Morgan fingerprint density at radius 1 is 1.08 bits per heavy atom. The molecule has 39 heavy (non-hydrogen) atoms. The smallest absolute Gasteiger partial charge is 0.404 e. The first-order chi connectivity index (χ1) is 18.5. The van der Waals surface area contributed by atoms with Gasteiger partial charge in [0.25, 0.3) is 5.56 Å². The molecule has 3 aromatic carbocycles. The van der Waals surface area contributed by atoms with Gasteiger partial charge in [-0.05, 0) is 37.1 Å². The normalized spacial score (nSPS) is 15.6. The molecule has 0 saturated carbocycles. The van der Waals surface area contributed by atoms with Gasteiger partial charge in [-0.2, -0.15) is 0 Å². The van der Waals surface area contributed by atoms with Crippen molar-refractivity contribution < 1.29 is 31.5 Å². The lowest BCUT2D eigenvalue weighted by molar-refractivity contribution is -0.274. The third kappa shape index (κ3) is 5.14. The van der Waals surface area contributed by atoms with Crippen molar-refractivity contribution in [1.82, 2.24) is 14.5 Å². The third-order valence-corrected chi connectivity index (χ3v) is 6.57. The van der Waals surface area contributed by atoms with Crippen molar-refractivity contribution in [2.24, 2.45) is 0 Å². The van der Waals surface area contributed by atoms with E-state index >= 15 is 0 Å². The molecule has 202 valence electrons. The van der Waals surface area contributed by atoms with Gasteiger partial charge in [0, 0.05) is 12.6 Å². The predicted molar refractivity (Wildman–Crippen MR) is 132 cm³/mol. The molecule has 0 fully saturated rings. The minimum absolute atomic E-state index is 0.0753. The van der Waals surface area contributed by atoms with Crippen LogP contribution in [-0.4, -0.2) is 26.8 Å². The Morgan fingerprint density at radius 3 is 2.46 bits per heavy atom. The van der Waals surface area contributed by atoms with E-state index in [9.17, 15) is 31.5 Å². The molecule has 0 saturated heterocycles. The zero-order chi connectivity index (χ0) is 27.9. The molecule has 2 atom stereocenters. The Morgan fingerprint density at radius 2 is 1.74 bits per heavy atom. The molecule has 2 amide bonds. The van der Waals surface area contributed by atoms with Crippen molar-refractivity contribution in [1.29, 1.82) is 0 Å². The first-order valence-corrected chi connectivity index (χ1v) is 11.9. The second-order valence-corrected chi connectivity index (χ2v) is 8.98. The van der Waals surface area contributed by atoms with E-state index in [4.69, 9.17) is 0 Å². The number of aromatic nitrogens is 2. The minimum Gasteiger partial charge on any atom is -0.404 e. The van der Waals surface area contributed by atoms with Crippen molar-refractivity contribution in [2.45, 2.75) is 38.3 Å². The highest BCUT2D eigenvalue weighted by Crippen LogP contribution is 2.38. The minimum atomic E-state index is -4.98. The Bertz CT molecular complexity index is 1610. The van der Waals surface area contributed by atoms with Crippen molar-refractivity contribution in [2.75, 3.05) is 5.32 Å². The van der Waals surface area contributed by atoms with Crippen LogP contribution in [0.25, 0.3) is 10.9 Å². The van der Waals surface area contributed by atoms with Crippen LogP contribution in [0.15, 0.2) is 71.5 Å². The second-order valence-electron chi connectivity index (χ2n) is 8.98. The summed E-state index contributed by atoms with van der Waals surface area (Å²) in [5.41, 5.74) is -0.173. The van der Waals surface area contributed by atoms with Gasteiger partial charge < -0.3 is 15.0 Å². The van der Waals surface area contributed by atoms with Crippen LogP contribution in [0, 0.1) is 11.6 Å². The van der Waals surface area contributed by atoms with Gasteiger partial charge in [-0.1, -0.05) is 42.5 Å². The van der Waals surface area contributed by atoms with Gasteiger partial charge in [-0.15, -0.1) is 13.2 Å². The summed E-state index contributed by atoms with van der Waals surface area (Å²) in [6.07, 6.45) is -4.75. The number of urea groups is 1. The fourth-order valence-electron chi connectivity index (χ4n) is 4.79. The van der Waals surface area contributed by atoms with E-state index in [1.807, 2.05) is 0 Å². The fraction of sp³-hybridized carbons (Fsp3) is 0.222. The topological polar surface area (TPSA) is 76.5 Å². The van der Waals surface area contributed by atoms with Gasteiger partial charge in [-0.3, -0.25) is 9.36 Å². The number of anilines is 1. The number of carbonyl (C=O) groups is 1. The Kier molecular flexibility index (Phi) is 6.71. The first kappa shape index (κ1) is 26.1. The second kappa shape index (κ2) is 10.0. The molecule has 2 unspecified atom stereocenters. The largest absolute Gasteiger partial charge is 0.573 e. The number of alkyl halides is 3. The lowest BCUT2D eigenvalue weighted by atomic mass is 10.0. The average molecular weight is 544 g/mol. The average Bonchev–Trinajstić information content (AvgIpc) is 3.30. The number of carbonyl (C=O) groups excluding carboxylic acids is 1. The monoisotopic (exact) mass is 544 g/mol. The van der Waals surface area contributed by atoms with E-state index in [1.54, 1.807) is 37.3 Å². The van der Waals surface area contributed by atoms with E-state index in [2.05, 4.69) is 15.0 Å². The molecule has 1 N–H and O–H groups in total. The molecule has 4 aromatic rings. The molecule has 0 bridgehead atoms. The number of nitrogens with one attached hydrogen (secondary N) is 1. The van der Waals surface area contributed by atoms with E-state index in [0.29, 0.717) is 5.56 Å². The number of fused-ring (bicyclic) bond motifs is 2. The molecule has 7 nitrogen and oxygen atoms in total. The highest BCUT2D eigenvalue weighted by molar-refractivity contribution is 5.91. The van der Waals surface area contributed by atoms with E-state index in [1.165, 1.54) is 27.7 Å². The third-order valence-electron chi connectivity index (χ3n) is 6.57. The Balaban J connectivity index is 1.58. The van der Waals surface area contributed by atoms with Gasteiger partial charge in [0.2, 0.25) is 0 Å². The summed E-state index contributed by atoms with van der Waals surface area (Å²) in [4.78, 5) is 32.6. The molecule has 0 aliphatic carbocycles. The number of benzene rings is 3. The number of nitrogens with zero attached hydrogens (tertiary/aromatic N) is 3. The lowest BCUT2D eigenvalue weighted by Gasteiger charge is -2.34. The standard InChI is InChI=1S/C27H21F5N4O3/c1-15(16-7-3-2-4-8-16)36(26(38)34-20-9-5-6-10-23(20)39-27(30,31)32)22-11-12-35-24(22)33-21-14-19(29)18(28)13-17(21)25(35)37/h2-10,13-15,22H,11-12H2,1H3,(H,34,38). The maximum Gasteiger partial charge on any atom is 0.573 e. The van der Waals surface area contributed by atoms with Crippen LogP contribution >= 0.6 is 0 Å².